The zero-order valence-electron chi connectivity index (χ0n) is 16.5. The molecule has 1 aromatic heterocycles. The highest BCUT2D eigenvalue weighted by atomic mass is 16.6. The molecule has 0 aliphatic carbocycles. The molecular formula is C21H22N4O4. The zero-order chi connectivity index (χ0) is 21.0. The number of non-ortho nitro benzene ring substituents is 1. The standard InChI is InChI=1S/C21H22N4O4/c1-14(2)13-22-21(26)20-12-19(15-5-4-6-18(11-15)29-3)23-24(20)16-7-9-17(10-8-16)25(27)28/h4-12,14H,13H2,1-3H3,(H,22,26). The van der Waals surface area contributed by atoms with E-state index in [0.29, 0.717) is 35.3 Å². The van der Waals surface area contributed by atoms with Crippen molar-refractivity contribution in [1.29, 1.82) is 0 Å². The fraction of sp³-hybridized carbons (Fsp3) is 0.238. The lowest BCUT2D eigenvalue weighted by molar-refractivity contribution is -0.384. The van der Waals surface area contributed by atoms with Crippen LogP contribution in [0.3, 0.4) is 0 Å². The van der Waals surface area contributed by atoms with Crippen LogP contribution in [0.4, 0.5) is 5.69 Å². The van der Waals surface area contributed by atoms with Crippen molar-refractivity contribution in [2.45, 2.75) is 13.8 Å². The summed E-state index contributed by atoms with van der Waals surface area (Å²) in [6, 6.07) is 15.0. The largest absolute Gasteiger partial charge is 0.497 e. The van der Waals surface area contributed by atoms with Crippen molar-refractivity contribution >= 4 is 11.6 Å². The van der Waals surface area contributed by atoms with Gasteiger partial charge < -0.3 is 10.1 Å². The van der Waals surface area contributed by atoms with E-state index in [-0.39, 0.29) is 11.6 Å². The molecule has 8 nitrogen and oxygen atoms in total. The van der Waals surface area contributed by atoms with Crippen LogP contribution in [0.2, 0.25) is 0 Å². The molecule has 29 heavy (non-hydrogen) atoms. The number of nitro groups is 1. The van der Waals surface area contributed by atoms with Crippen molar-refractivity contribution in [3.05, 3.63) is 70.4 Å². The Balaban J connectivity index is 2.05. The van der Waals surface area contributed by atoms with Gasteiger partial charge in [0.1, 0.15) is 11.4 Å². The maximum Gasteiger partial charge on any atom is 0.270 e. The second kappa shape index (κ2) is 8.55. The molecule has 0 atom stereocenters. The molecule has 150 valence electrons. The molecule has 0 spiro atoms. The minimum absolute atomic E-state index is 0.0280. The second-order valence-corrected chi connectivity index (χ2v) is 6.94. The van der Waals surface area contributed by atoms with Crippen LogP contribution in [0.25, 0.3) is 16.9 Å². The van der Waals surface area contributed by atoms with Crippen LogP contribution in [0.1, 0.15) is 24.3 Å². The van der Waals surface area contributed by atoms with E-state index in [1.165, 1.54) is 16.8 Å². The Bertz CT molecular complexity index is 1030. The molecule has 1 amide bonds. The number of carbonyl (C=O) groups excluding carboxylic acids is 1. The first-order valence-electron chi connectivity index (χ1n) is 9.16. The number of hydrogen-bond donors (Lipinski definition) is 1. The van der Waals surface area contributed by atoms with Gasteiger partial charge in [-0.05, 0) is 36.2 Å². The molecule has 0 unspecified atom stereocenters. The molecule has 8 heteroatoms. The Labute approximate surface area is 168 Å². The molecule has 0 saturated heterocycles. The van der Waals surface area contributed by atoms with Gasteiger partial charge in [0.05, 0.1) is 23.4 Å². The summed E-state index contributed by atoms with van der Waals surface area (Å²) in [6.45, 7) is 4.55. The lowest BCUT2D eigenvalue weighted by Crippen LogP contribution is -2.29. The predicted molar refractivity (Wildman–Crippen MR) is 109 cm³/mol. The molecule has 1 N–H and O–H groups in total. The highest BCUT2D eigenvalue weighted by Gasteiger charge is 2.18. The van der Waals surface area contributed by atoms with Crippen LogP contribution < -0.4 is 10.1 Å². The molecule has 0 fully saturated rings. The van der Waals surface area contributed by atoms with E-state index in [0.717, 1.165) is 5.56 Å². The molecule has 0 saturated carbocycles. The smallest absolute Gasteiger partial charge is 0.270 e. The number of ether oxygens (including phenoxy) is 1. The van der Waals surface area contributed by atoms with Gasteiger partial charge in [0, 0.05) is 24.2 Å². The number of hydrogen-bond acceptors (Lipinski definition) is 5. The van der Waals surface area contributed by atoms with Crippen molar-refractivity contribution in [2.24, 2.45) is 5.92 Å². The van der Waals surface area contributed by atoms with Crippen molar-refractivity contribution in [2.75, 3.05) is 13.7 Å². The van der Waals surface area contributed by atoms with E-state index in [9.17, 15) is 14.9 Å². The number of carbonyl (C=O) groups is 1. The van der Waals surface area contributed by atoms with Gasteiger partial charge >= 0.3 is 0 Å². The summed E-state index contributed by atoms with van der Waals surface area (Å²) in [5.74, 6) is 0.712. The van der Waals surface area contributed by atoms with Crippen LogP contribution in [-0.4, -0.2) is 34.3 Å². The van der Waals surface area contributed by atoms with E-state index in [2.05, 4.69) is 10.4 Å². The van der Waals surface area contributed by atoms with E-state index in [1.807, 2.05) is 38.1 Å². The maximum absolute atomic E-state index is 12.8. The van der Waals surface area contributed by atoms with Gasteiger partial charge in [-0.15, -0.1) is 0 Å². The summed E-state index contributed by atoms with van der Waals surface area (Å²) < 4.78 is 6.76. The van der Waals surface area contributed by atoms with Crippen LogP contribution >= 0.6 is 0 Å². The van der Waals surface area contributed by atoms with Crippen molar-refractivity contribution < 1.29 is 14.5 Å². The summed E-state index contributed by atoms with van der Waals surface area (Å²) in [5.41, 5.74) is 2.26. The van der Waals surface area contributed by atoms with Gasteiger partial charge in [0.25, 0.3) is 11.6 Å². The van der Waals surface area contributed by atoms with Crippen molar-refractivity contribution in [1.82, 2.24) is 15.1 Å². The average molecular weight is 394 g/mol. The third-order valence-corrected chi connectivity index (χ3v) is 4.28. The average Bonchev–Trinajstić information content (AvgIpc) is 3.17. The fourth-order valence-electron chi connectivity index (χ4n) is 2.77. The first kappa shape index (κ1) is 20.1. The summed E-state index contributed by atoms with van der Waals surface area (Å²) in [7, 11) is 1.58. The van der Waals surface area contributed by atoms with E-state index < -0.39 is 4.92 Å². The molecule has 0 bridgehead atoms. The summed E-state index contributed by atoms with van der Waals surface area (Å²) in [5, 5.41) is 18.4. The van der Waals surface area contributed by atoms with Crippen molar-refractivity contribution in [3.8, 4) is 22.7 Å². The number of nitrogens with zero attached hydrogens (tertiary/aromatic N) is 3. The fourth-order valence-corrected chi connectivity index (χ4v) is 2.77. The lowest BCUT2D eigenvalue weighted by Gasteiger charge is -2.09. The maximum atomic E-state index is 12.8. The first-order valence-corrected chi connectivity index (χ1v) is 9.16. The van der Waals surface area contributed by atoms with Gasteiger partial charge in [-0.2, -0.15) is 5.10 Å². The number of benzene rings is 2. The normalized spacial score (nSPS) is 10.8. The monoisotopic (exact) mass is 394 g/mol. The lowest BCUT2D eigenvalue weighted by atomic mass is 10.1. The van der Waals surface area contributed by atoms with Crippen LogP contribution in [-0.2, 0) is 0 Å². The Morgan fingerprint density at radius 2 is 1.93 bits per heavy atom. The Kier molecular flexibility index (Phi) is 5.92. The van der Waals surface area contributed by atoms with Crippen molar-refractivity contribution in [3.63, 3.8) is 0 Å². The molecule has 3 rings (SSSR count). The van der Waals surface area contributed by atoms with Crippen LogP contribution in [0.15, 0.2) is 54.6 Å². The topological polar surface area (TPSA) is 99.3 Å². The third-order valence-electron chi connectivity index (χ3n) is 4.28. The van der Waals surface area contributed by atoms with Gasteiger partial charge in [0.2, 0.25) is 0 Å². The second-order valence-electron chi connectivity index (χ2n) is 6.94. The molecule has 0 aliphatic rings. The first-order chi connectivity index (χ1) is 13.9. The number of aromatic nitrogens is 2. The molecular weight excluding hydrogens is 372 g/mol. The molecule has 0 aliphatic heterocycles. The van der Waals surface area contributed by atoms with Crippen LogP contribution in [0.5, 0.6) is 5.75 Å². The number of nitro benzene ring substituents is 1. The minimum Gasteiger partial charge on any atom is -0.497 e. The number of amides is 1. The Hall–Kier alpha value is -3.68. The highest BCUT2D eigenvalue weighted by Crippen LogP contribution is 2.26. The van der Waals surface area contributed by atoms with Gasteiger partial charge in [-0.3, -0.25) is 14.9 Å². The Morgan fingerprint density at radius 1 is 1.21 bits per heavy atom. The molecule has 2 aromatic carbocycles. The van der Waals surface area contributed by atoms with Gasteiger partial charge in [-0.1, -0.05) is 26.0 Å². The third kappa shape index (κ3) is 4.60. The minimum atomic E-state index is -0.467. The van der Waals surface area contributed by atoms with Crippen LogP contribution in [0, 0.1) is 16.0 Å². The summed E-state index contributed by atoms with van der Waals surface area (Å²) in [4.78, 5) is 23.2. The predicted octanol–water partition coefficient (Wildman–Crippen LogP) is 3.84. The Morgan fingerprint density at radius 3 is 2.55 bits per heavy atom. The number of nitrogens with one attached hydrogen (secondary N) is 1. The van der Waals surface area contributed by atoms with Gasteiger partial charge in [-0.25, -0.2) is 4.68 Å². The summed E-state index contributed by atoms with van der Waals surface area (Å²) >= 11 is 0. The van der Waals surface area contributed by atoms with E-state index in [1.54, 1.807) is 25.3 Å². The molecule has 0 radical (unpaired) electrons. The number of methoxy groups -OCH3 is 1. The number of rotatable bonds is 7. The zero-order valence-corrected chi connectivity index (χ0v) is 16.5. The van der Waals surface area contributed by atoms with E-state index >= 15 is 0 Å². The SMILES string of the molecule is COc1cccc(-c2cc(C(=O)NCC(C)C)n(-c3ccc([N+](=O)[O-])cc3)n2)c1. The summed E-state index contributed by atoms with van der Waals surface area (Å²) in [6.07, 6.45) is 0. The van der Waals surface area contributed by atoms with E-state index in [4.69, 9.17) is 4.74 Å². The highest BCUT2D eigenvalue weighted by molar-refractivity contribution is 5.94. The molecule has 1 heterocycles. The molecule has 3 aromatic rings. The van der Waals surface area contributed by atoms with Gasteiger partial charge in [0.15, 0.2) is 0 Å². The quantitative estimate of drug-likeness (QED) is 0.485.